The average molecular weight is 317 g/mol. The monoisotopic (exact) mass is 317 g/mol. The van der Waals surface area contributed by atoms with Crippen LogP contribution in [0, 0.1) is 0 Å². The van der Waals surface area contributed by atoms with E-state index in [0.717, 1.165) is 22.6 Å². The molecular formula is C20H19N3O. The van der Waals surface area contributed by atoms with E-state index in [4.69, 9.17) is 5.73 Å². The third kappa shape index (κ3) is 4.36. The maximum atomic E-state index is 12.1. The number of rotatable bonds is 5. The van der Waals surface area contributed by atoms with Crippen LogP contribution < -0.4 is 16.4 Å². The standard InChI is InChI=1S/C20H19N3O/c21-16-8-6-15(7-9-16)14-20(24)23-19-12-10-18(11-13-19)22-17-4-2-1-3-5-17/h1-13,22H,14,21H2,(H,23,24). The quantitative estimate of drug-likeness (QED) is 0.618. The lowest BCUT2D eigenvalue weighted by atomic mass is 10.1. The highest BCUT2D eigenvalue weighted by molar-refractivity contribution is 5.92. The fourth-order valence-electron chi connectivity index (χ4n) is 2.35. The van der Waals surface area contributed by atoms with Gasteiger partial charge in [0.15, 0.2) is 0 Å². The number of hydrogen-bond acceptors (Lipinski definition) is 3. The third-order valence-corrected chi connectivity index (χ3v) is 3.58. The largest absolute Gasteiger partial charge is 0.399 e. The van der Waals surface area contributed by atoms with E-state index >= 15 is 0 Å². The molecule has 0 saturated heterocycles. The molecular weight excluding hydrogens is 298 g/mol. The number of hydrogen-bond donors (Lipinski definition) is 3. The van der Waals surface area contributed by atoms with Crippen LogP contribution in [0.5, 0.6) is 0 Å². The summed E-state index contributed by atoms with van der Waals surface area (Å²) >= 11 is 0. The molecule has 3 rings (SSSR count). The Kier molecular flexibility index (Phi) is 4.77. The molecule has 0 radical (unpaired) electrons. The van der Waals surface area contributed by atoms with Crippen LogP contribution in [0.2, 0.25) is 0 Å². The topological polar surface area (TPSA) is 67.2 Å². The molecule has 1 amide bonds. The van der Waals surface area contributed by atoms with E-state index in [1.165, 1.54) is 0 Å². The van der Waals surface area contributed by atoms with Crippen LogP contribution in [0.1, 0.15) is 5.56 Å². The fraction of sp³-hybridized carbons (Fsp3) is 0.0500. The van der Waals surface area contributed by atoms with Crippen molar-refractivity contribution in [2.45, 2.75) is 6.42 Å². The van der Waals surface area contributed by atoms with Gasteiger partial charge in [-0.05, 0) is 54.1 Å². The second-order valence-corrected chi connectivity index (χ2v) is 5.53. The van der Waals surface area contributed by atoms with Gasteiger partial charge in [0.05, 0.1) is 6.42 Å². The van der Waals surface area contributed by atoms with E-state index in [9.17, 15) is 4.79 Å². The first-order valence-electron chi connectivity index (χ1n) is 7.75. The molecule has 0 spiro atoms. The molecule has 0 aromatic heterocycles. The highest BCUT2D eigenvalue weighted by atomic mass is 16.1. The van der Waals surface area contributed by atoms with Crippen LogP contribution in [-0.2, 0) is 11.2 Å². The minimum absolute atomic E-state index is 0.0523. The fourth-order valence-corrected chi connectivity index (χ4v) is 2.35. The second kappa shape index (κ2) is 7.33. The number of carbonyl (C=O) groups excluding carboxylic acids is 1. The number of benzene rings is 3. The Morgan fingerprint density at radius 1 is 0.750 bits per heavy atom. The number of nitrogens with two attached hydrogens (primary N) is 1. The zero-order valence-electron chi connectivity index (χ0n) is 13.2. The maximum absolute atomic E-state index is 12.1. The van der Waals surface area contributed by atoms with Gasteiger partial charge in [-0.15, -0.1) is 0 Å². The number of nitrogen functional groups attached to an aromatic ring is 1. The van der Waals surface area contributed by atoms with Gasteiger partial charge in [0.1, 0.15) is 0 Å². The molecule has 4 N–H and O–H groups in total. The summed E-state index contributed by atoms with van der Waals surface area (Å²) in [7, 11) is 0. The Balaban J connectivity index is 1.57. The number of para-hydroxylation sites is 1. The van der Waals surface area contributed by atoms with Crippen LogP contribution in [0.15, 0.2) is 78.9 Å². The van der Waals surface area contributed by atoms with Crippen LogP contribution in [-0.4, -0.2) is 5.91 Å². The molecule has 3 aromatic rings. The van der Waals surface area contributed by atoms with Gasteiger partial charge < -0.3 is 16.4 Å². The summed E-state index contributed by atoms with van der Waals surface area (Å²) in [5, 5.41) is 6.20. The molecule has 120 valence electrons. The summed E-state index contributed by atoms with van der Waals surface area (Å²) in [5.41, 5.74) is 10.0. The average Bonchev–Trinajstić information content (AvgIpc) is 2.60. The summed E-state index contributed by atoms with van der Waals surface area (Å²) in [6, 6.07) is 24.9. The molecule has 0 saturated carbocycles. The minimum atomic E-state index is -0.0523. The SMILES string of the molecule is Nc1ccc(CC(=O)Nc2ccc(Nc3ccccc3)cc2)cc1. The van der Waals surface area contributed by atoms with Crippen LogP contribution >= 0.6 is 0 Å². The molecule has 0 bridgehead atoms. The van der Waals surface area contributed by atoms with Crippen molar-refractivity contribution in [1.29, 1.82) is 0 Å². The second-order valence-electron chi connectivity index (χ2n) is 5.53. The van der Waals surface area contributed by atoms with Crippen LogP contribution in [0.25, 0.3) is 0 Å². The number of carbonyl (C=O) groups is 1. The Labute approximate surface area is 141 Å². The van der Waals surface area contributed by atoms with E-state index in [0.29, 0.717) is 12.1 Å². The minimum Gasteiger partial charge on any atom is -0.399 e. The van der Waals surface area contributed by atoms with Crippen LogP contribution in [0.4, 0.5) is 22.7 Å². The molecule has 0 unspecified atom stereocenters. The van der Waals surface area contributed by atoms with Gasteiger partial charge >= 0.3 is 0 Å². The van der Waals surface area contributed by atoms with E-state index in [1.54, 1.807) is 12.1 Å². The molecule has 24 heavy (non-hydrogen) atoms. The van der Waals surface area contributed by atoms with Crippen molar-refractivity contribution in [2.75, 3.05) is 16.4 Å². The van der Waals surface area contributed by atoms with Gasteiger partial charge in [0.2, 0.25) is 5.91 Å². The van der Waals surface area contributed by atoms with Crippen molar-refractivity contribution in [3.05, 3.63) is 84.4 Å². The molecule has 3 aromatic carbocycles. The predicted molar refractivity (Wildman–Crippen MR) is 99.4 cm³/mol. The molecule has 0 aliphatic carbocycles. The number of nitrogens with one attached hydrogen (secondary N) is 2. The summed E-state index contributed by atoms with van der Waals surface area (Å²) in [6.45, 7) is 0. The Bertz CT molecular complexity index is 797. The first-order valence-corrected chi connectivity index (χ1v) is 7.75. The highest BCUT2D eigenvalue weighted by Crippen LogP contribution is 2.18. The van der Waals surface area contributed by atoms with Crippen molar-refractivity contribution in [3.63, 3.8) is 0 Å². The van der Waals surface area contributed by atoms with Crippen molar-refractivity contribution < 1.29 is 4.79 Å². The maximum Gasteiger partial charge on any atom is 0.228 e. The molecule has 4 heteroatoms. The summed E-state index contributed by atoms with van der Waals surface area (Å²) in [4.78, 5) is 12.1. The Hall–Kier alpha value is -3.27. The number of anilines is 4. The van der Waals surface area contributed by atoms with E-state index in [-0.39, 0.29) is 5.91 Å². The van der Waals surface area contributed by atoms with Crippen molar-refractivity contribution in [1.82, 2.24) is 0 Å². The van der Waals surface area contributed by atoms with Gasteiger partial charge in [-0.25, -0.2) is 0 Å². The molecule has 0 atom stereocenters. The number of amides is 1. The van der Waals surface area contributed by atoms with Gasteiger partial charge in [-0.3, -0.25) is 4.79 Å². The van der Waals surface area contributed by atoms with E-state index in [2.05, 4.69) is 10.6 Å². The van der Waals surface area contributed by atoms with Crippen LogP contribution in [0.3, 0.4) is 0 Å². The Morgan fingerprint density at radius 3 is 2.00 bits per heavy atom. The molecule has 0 aliphatic heterocycles. The molecule has 0 aliphatic rings. The van der Waals surface area contributed by atoms with Crippen molar-refractivity contribution in [2.24, 2.45) is 0 Å². The Morgan fingerprint density at radius 2 is 1.33 bits per heavy atom. The summed E-state index contributed by atoms with van der Waals surface area (Å²) < 4.78 is 0. The normalized spacial score (nSPS) is 10.2. The summed E-state index contributed by atoms with van der Waals surface area (Å²) in [5.74, 6) is -0.0523. The van der Waals surface area contributed by atoms with E-state index in [1.807, 2.05) is 66.7 Å². The lowest BCUT2D eigenvalue weighted by molar-refractivity contribution is -0.115. The van der Waals surface area contributed by atoms with Gasteiger partial charge in [-0.2, -0.15) is 0 Å². The molecule has 0 heterocycles. The van der Waals surface area contributed by atoms with E-state index < -0.39 is 0 Å². The van der Waals surface area contributed by atoms with Crippen molar-refractivity contribution in [3.8, 4) is 0 Å². The first-order chi connectivity index (χ1) is 11.7. The first kappa shape index (κ1) is 15.6. The zero-order chi connectivity index (χ0) is 16.8. The summed E-state index contributed by atoms with van der Waals surface area (Å²) in [6.07, 6.45) is 0.324. The van der Waals surface area contributed by atoms with Gasteiger partial charge in [0, 0.05) is 22.7 Å². The predicted octanol–water partition coefficient (Wildman–Crippen LogP) is 4.19. The smallest absolute Gasteiger partial charge is 0.228 e. The third-order valence-electron chi connectivity index (χ3n) is 3.58. The van der Waals surface area contributed by atoms with Gasteiger partial charge in [0.25, 0.3) is 0 Å². The van der Waals surface area contributed by atoms with Gasteiger partial charge in [-0.1, -0.05) is 30.3 Å². The lowest BCUT2D eigenvalue weighted by Gasteiger charge is -2.09. The lowest BCUT2D eigenvalue weighted by Crippen LogP contribution is -2.14. The highest BCUT2D eigenvalue weighted by Gasteiger charge is 2.04. The molecule has 0 fully saturated rings. The van der Waals surface area contributed by atoms with Crippen molar-refractivity contribution >= 4 is 28.7 Å². The molecule has 4 nitrogen and oxygen atoms in total. The zero-order valence-corrected chi connectivity index (χ0v) is 13.2.